The molecule has 1 saturated heterocycles. The molecule has 0 bridgehead atoms. The lowest BCUT2D eigenvalue weighted by molar-refractivity contribution is -0.138. The van der Waals surface area contributed by atoms with Crippen LogP contribution in [0.2, 0.25) is 0 Å². The Labute approximate surface area is 168 Å². The highest BCUT2D eigenvalue weighted by atomic mass is 32.2. The number of benzene rings is 2. The maximum Gasteiger partial charge on any atom is 0.407 e. The van der Waals surface area contributed by atoms with Gasteiger partial charge in [0.15, 0.2) is 0 Å². The number of rotatable bonds is 5. The van der Waals surface area contributed by atoms with E-state index in [9.17, 15) is 14.7 Å². The van der Waals surface area contributed by atoms with E-state index in [4.69, 9.17) is 4.74 Å². The Bertz CT molecular complexity index is 846. The number of fused-ring (bicyclic) bond motifs is 3. The van der Waals surface area contributed by atoms with Gasteiger partial charge in [0.2, 0.25) is 0 Å². The zero-order valence-corrected chi connectivity index (χ0v) is 16.3. The van der Waals surface area contributed by atoms with Gasteiger partial charge in [-0.1, -0.05) is 48.5 Å². The van der Waals surface area contributed by atoms with E-state index >= 15 is 0 Å². The minimum Gasteiger partial charge on any atom is -0.481 e. The minimum absolute atomic E-state index is 0.00418. The molecule has 2 aromatic carbocycles. The van der Waals surface area contributed by atoms with Crippen LogP contribution in [0.15, 0.2) is 48.5 Å². The van der Waals surface area contributed by atoms with Crippen LogP contribution in [0.1, 0.15) is 36.3 Å². The van der Waals surface area contributed by atoms with Crippen molar-refractivity contribution in [1.29, 1.82) is 0 Å². The molecule has 2 aromatic rings. The molecule has 1 heterocycles. The summed E-state index contributed by atoms with van der Waals surface area (Å²) >= 11 is 1.78. The number of carbonyl (C=O) groups excluding carboxylic acids is 1. The quantitative estimate of drug-likeness (QED) is 0.788. The summed E-state index contributed by atoms with van der Waals surface area (Å²) in [6.07, 6.45) is 0.690. The monoisotopic (exact) mass is 397 g/mol. The molecule has 1 aliphatic carbocycles. The molecule has 5 nitrogen and oxygen atoms in total. The molecule has 146 valence electrons. The summed E-state index contributed by atoms with van der Waals surface area (Å²) in [7, 11) is 0. The lowest BCUT2D eigenvalue weighted by atomic mass is 9.88. The summed E-state index contributed by atoms with van der Waals surface area (Å²) in [6.45, 7) is 0.234. The van der Waals surface area contributed by atoms with Crippen LogP contribution in [0, 0.1) is 0 Å². The molecule has 1 amide bonds. The molecular weight excluding hydrogens is 374 g/mol. The molecule has 0 aromatic heterocycles. The summed E-state index contributed by atoms with van der Waals surface area (Å²) in [5, 5.41) is 12.1. The van der Waals surface area contributed by atoms with Crippen LogP contribution in [0.5, 0.6) is 0 Å². The van der Waals surface area contributed by atoms with Crippen LogP contribution in [0.4, 0.5) is 4.79 Å². The SMILES string of the molecule is O=C(O)CC1(NC(=O)OCC2c3ccccc3-c3ccccc32)CCSCC1. The van der Waals surface area contributed by atoms with Crippen LogP contribution in [-0.4, -0.2) is 40.8 Å². The molecule has 0 atom stereocenters. The Hall–Kier alpha value is -2.47. The maximum absolute atomic E-state index is 12.5. The number of hydrogen-bond acceptors (Lipinski definition) is 4. The number of aliphatic carboxylic acids is 1. The van der Waals surface area contributed by atoms with Crippen LogP contribution < -0.4 is 5.32 Å². The van der Waals surface area contributed by atoms with E-state index in [1.165, 1.54) is 11.1 Å². The highest BCUT2D eigenvalue weighted by molar-refractivity contribution is 7.99. The van der Waals surface area contributed by atoms with E-state index in [-0.39, 0.29) is 18.9 Å². The fourth-order valence-corrected chi connectivity index (χ4v) is 5.52. The molecule has 6 heteroatoms. The Morgan fingerprint density at radius 3 is 2.18 bits per heavy atom. The van der Waals surface area contributed by atoms with Gasteiger partial charge in [0.05, 0.1) is 12.0 Å². The van der Waals surface area contributed by atoms with Gasteiger partial charge in [-0.05, 0) is 46.6 Å². The Morgan fingerprint density at radius 1 is 1.04 bits per heavy atom. The number of carbonyl (C=O) groups is 2. The average Bonchev–Trinajstić information content (AvgIpc) is 3.00. The van der Waals surface area contributed by atoms with E-state index in [0.717, 1.165) is 22.6 Å². The first-order valence-electron chi connectivity index (χ1n) is 9.51. The number of carboxylic acids is 1. The third-order valence-electron chi connectivity index (χ3n) is 5.65. The molecule has 0 spiro atoms. The third kappa shape index (κ3) is 3.74. The van der Waals surface area contributed by atoms with Crippen LogP contribution >= 0.6 is 11.8 Å². The van der Waals surface area contributed by atoms with Crippen LogP contribution in [0.3, 0.4) is 0 Å². The van der Waals surface area contributed by atoms with Gasteiger partial charge in [-0.2, -0.15) is 11.8 Å². The lowest BCUT2D eigenvalue weighted by Gasteiger charge is -2.36. The third-order valence-corrected chi connectivity index (χ3v) is 6.64. The molecule has 2 aliphatic rings. The van der Waals surface area contributed by atoms with Crippen LogP contribution in [-0.2, 0) is 9.53 Å². The molecule has 0 unspecified atom stereocenters. The van der Waals surface area contributed by atoms with E-state index in [1.54, 1.807) is 11.8 Å². The molecule has 1 fully saturated rings. The molecule has 0 saturated carbocycles. The predicted molar refractivity (Wildman–Crippen MR) is 110 cm³/mol. The van der Waals surface area contributed by atoms with Crippen molar-refractivity contribution in [2.75, 3.05) is 18.1 Å². The van der Waals surface area contributed by atoms with Crippen molar-refractivity contribution in [3.05, 3.63) is 59.7 Å². The standard InChI is InChI=1S/C22H23NO4S/c24-20(25)13-22(9-11-28-12-10-22)23-21(26)27-14-19-17-7-3-1-5-15(17)16-6-2-4-8-18(16)19/h1-8,19H,9-14H2,(H,23,26)(H,24,25). The molecule has 2 N–H and O–H groups in total. The lowest BCUT2D eigenvalue weighted by Crippen LogP contribution is -2.52. The van der Waals surface area contributed by atoms with Crippen molar-refractivity contribution in [2.45, 2.75) is 30.7 Å². The van der Waals surface area contributed by atoms with Crippen molar-refractivity contribution >= 4 is 23.8 Å². The predicted octanol–water partition coefficient (Wildman–Crippen LogP) is 4.27. The maximum atomic E-state index is 12.5. The number of amides is 1. The van der Waals surface area contributed by atoms with Gasteiger partial charge in [-0.3, -0.25) is 4.79 Å². The van der Waals surface area contributed by atoms with E-state index in [1.807, 2.05) is 24.3 Å². The van der Waals surface area contributed by atoms with Crippen LogP contribution in [0.25, 0.3) is 11.1 Å². The average molecular weight is 397 g/mol. The first-order valence-corrected chi connectivity index (χ1v) is 10.7. The highest BCUT2D eigenvalue weighted by Gasteiger charge is 2.37. The van der Waals surface area contributed by atoms with E-state index < -0.39 is 17.6 Å². The molecule has 4 rings (SSSR count). The fourth-order valence-electron chi connectivity index (χ4n) is 4.25. The van der Waals surface area contributed by atoms with Crippen molar-refractivity contribution in [1.82, 2.24) is 5.32 Å². The van der Waals surface area contributed by atoms with E-state index in [2.05, 4.69) is 29.6 Å². The summed E-state index contributed by atoms with van der Waals surface area (Å²) in [5.74, 6) is 0.787. The van der Waals surface area contributed by atoms with Crippen molar-refractivity contribution in [3.8, 4) is 11.1 Å². The van der Waals surface area contributed by atoms with E-state index in [0.29, 0.717) is 12.8 Å². The first kappa shape index (κ1) is 18.9. The van der Waals surface area contributed by atoms with Crippen molar-refractivity contribution in [3.63, 3.8) is 0 Å². The normalized spacial score (nSPS) is 17.4. The minimum atomic E-state index is -0.897. The zero-order chi connectivity index (χ0) is 19.6. The van der Waals surface area contributed by atoms with Gasteiger partial charge in [0.1, 0.15) is 6.61 Å². The second-order valence-electron chi connectivity index (χ2n) is 7.41. The number of hydrogen-bond donors (Lipinski definition) is 2. The molecule has 1 aliphatic heterocycles. The molecular formula is C22H23NO4S. The number of thioether (sulfide) groups is 1. The van der Waals surface area contributed by atoms with Gasteiger partial charge in [-0.15, -0.1) is 0 Å². The summed E-state index contributed by atoms with van der Waals surface area (Å²) < 4.78 is 5.60. The Morgan fingerprint density at radius 2 is 1.61 bits per heavy atom. The van der Waals surface area contributed by atoms with Gasteiger partial charge in [0, 0.05) is 5.92 Å². The number of carboxylic acid groups (broad SMARTS) is 1. The smallest absolute Gasteiger partial charge is 0.407 e. The summed E-state index contributed by atoms with van der Waals surface area (Å²) in [5.41, 5.74) is 3.97. The first-order chi connectivity index (χ1) is 13.6. The van der Waals surface area contributed by atoms with Gasteiger partial charge in [0.25, 0.3) is 0 Å². The van der Waals surface area contributed by atoms with Gasteiger partial charge >= 0.3 is 12.1 Å². The molecule has 28 heavy (non-hydrogen) atoms. The molecule has 0 radical (unpaired) electrons. The zero-order valence-electron chi connectivity index (χ0n) is 15.5. The highest BCUT2D eigenvalue weighted by Crippen LogP contribution is 2.44. The summed E-state index contributed by atoms with van der Waals surface area (Å²) in [4.78, 5) is 23.8. The second-order valence-corrected chi connectivity index (χ2v) is 8.64. The summed E-state index contributed by atoms with van der Waals surface area (Å²) in [6, 6.07) is 16.4. The number of nitrogens with one attached hydrogen (secondary N) is 1. The number of ether oxygens (including phenoxy) is 1. The van der Waals surface area contributed by atoms with Crippen molar-refractivity contribution in [2.24, 2.45) is 0 Å². The van der Waals surface area contributed by atoms with Gasteiger partial charge < -0.3 is 15.2 Å². The Kier molecular flexibility index (Phi) is 5.31. The van der Waals surface area contributed by atoms with Gasteiger partial charge in [-0.25, -0.2) is 4.79 Å². The number of alkyl carbamates (subject to hydrolysis) is 1. The largest absolute Gasteiger partial charge is 0.481 e. The second kappa shape index (κ2) is 7.87. The topological polar surface area (TPSA) is 75.6 Å². The Balaban J connectivity index is 1.47. The van der Waals surface area contributed by atoms with Crippen molar-refractivity contribution < 1.29 is 19.4 Å². The fraction of sp³-hybridized carbons (Fsp3) is 0.364.